The molecule has 3 aromatic rings. The number of carbonyl (C=O) groups excluding carboxylic acids is 4. The first-order valence-electron chi connectivity index (χ1n) is 11.3. The highest BCUT2D eigenvalue weighted by Gasteiger charge is 2.74. The number of ketones is 2. The third kappa shape index (κ3) is 2.85. The van der Waals surface area contributed by atoms with Crippen LogP contribution >= 0.6 is 15.9 Å². The van der Waals surface area contributed by atoms with Crippen LogP contribution in [0.1, 0.15) is 43.5 Å². The van der Waals surface area contributed by atoms with Gasteiger partial charge in [-0.2, -0.15) is 0 Å². The smallest absolute Gasteiger partial charge is 0.241 e. The molecular formula is C28H20BrNO5. The Balaban J connectivity index is 1.55. The largest absolute Gasteiger partial charge is 0.349 e. The maximum Gasteiger partial charge on any atom is 0.241 e. The summed E-state index contributed by atoms with van der Waals surface area (Å²) in [4.78, 5) is 56.5. The number of carbonyl (C=O) groups is 4. The fraction of sp³-hybridized carbons (Fsp3) is 0.214. The third-order valence-electron chi connectivity index (χ3n) is 7.44. The molecule has 2 fully saturated rings. The fourth-order valence-corrected chi connectivity index (χ4v) is 6.04. The molecule has 174 valence electrons. The van der Waals surface area contributed by atoms with Crippen molar-refractivity contribution < 1.29 is 23.9 Å². The average Bonchev–Trinajstić information content (AvgIpc) is 3.41. The third-order valence-corrected chi connectivity index (χ3v) is 7.94. The number of benzene rings is 3. The summed E-state index contributed by atoms with van der Waals surface area (Å²) in [5.41, 5.74) is 1.36. The van der Waals surface area contributed by atoms with Gasteiger partial charge in [0.05, 0.1) is 23.6 Å². The molecule has 1 spiro atoms. The molecule has 0 radical (unpaired) electrons. The molecule has 3 aromatic carbocycles. The topological polar surface area (TPSA) is 80.8 Å². The van der Waals surface area contributed by atoms with Crippen molar-refractivity contribution in [2.75, 3.05) is 4.90 Å². The van der Waals surface area contributed by atoms with Crippen LogP contribution in [0.15, 0.2) is 71.2 Å². The van der Waals surface area contributed by atoms with E-state index in [0.29, 0.717) is 11.3 Å². The first-order valence-corrected chi connectivity index (χ1v) is 12.1. The van der Waals surface area contributed by atoms with Crippen molar-refractivity contribution in [3.63, 3.8) is 0 Å². The Morgan fingerprint density at radius 2 is 1.49 bits per heavy atom. The number of nitrogens with zero attached hydrogens (tertiary/aromatic N) is 1. The van der Waals surface area contributed by atoms with E-state index in [1.165, 1.54) is 0 Å². The molecule has 2 saturated heterocycles. The first-order chi connectivity index (χ1) is 16.8. The van der Waals surface area contributed by atoms with Crippen LogP contribution in [0.4, 0.5) is 5.69 Å². The molecule has 2 amide bonds. The Bertz CT molecular complexity index is 1440. The molecule has 1 aliphatic carbocycles. The Morgan fingerprint density at radius 3 is 2.11 bits per heavy atom. The van der Waals surface area contributed by atoms with Gasteiger partial charge in [0.1, 0.15) is 0 Å². The van der Waals surface area contributed by atoms with Crippen LogP contribution in [0.5, 0.6) is 0 Å². The van der Waals surface area contributed by atoms with Crippen molar-refractivity contribution in [3.05, 3.63) is 99.0 Å². The molecule has 35 heavy (non-hydrogen) atoms. The number of hydrogen-bond acceptors (Lipinski definition) is 5. The molecular weight excluding hydrogens is 510 g/mol. The van der Waals surface area contributed by atoms with Gasteiger partial charge in [-0.1, -0.05) is 58.4 Å². The standard InChI is InChI=1S/C28H20BrNO5/c1-14-10-11-18(12-15(14)2)30-26(33)21-22(27(30)34)28(35-23(21)16-6-5-7-17(29)13-16)24(31)19-8-3-4-9-20(19)25(28)32/h3-13,21-23H,1-2H3/t21-,22+,23-/m0/s1. The van der Waals surface area contributed by atoms with Crippen LogP contribution < -0.4 is 4.90 Å². The summed E-state index contributed by atoms with van der Waals surface area (Å²) in [6.45, 7) is 3.85. The lowest BCUT2D eigenvalue weighted by atomic mass is 9.77. The van der Waals surface area contributed by atoms with Gasteiger partial charge in [0.15, 0.2) is 0 Å². The zero-order valence-corrected chi connectivity index (χ0v) is 20.5. The second-order valence-corrected chi connectivity index (χ2v) is 10.2. The van der Waals surface area contributed by atoms with Gasteiger partial charge < -0.3 is 4.74 Å². The molecule has 6 rings (SSSR count). The van der Waals surface area contributed by atoms with E-state index in [9.17, 15) is 19.2 Å². The molecule has 0 unspecified atom stereocenters. The summed E-state index contributed by atoms with van der Waals surface area (Å²) in [6.07, 6.45) is -0.937. The monoisotopic (exact) mass is 529 g/mol. The molecule has 3 atom stereocenters. The first kappa shape index (κ1) is 22.1. The van der Waals surface area contributed by atoms with Crippen molar-refractivity contribution in [2.24, 2.45) is 11.8 Å². The van der Waals surface area contributed by atoms with E-state index in [2.05, 4.69) is 15.9 Å². The lowest BCUT2D eigenvalue weighted by molar-refractivity contribution is -0.127. The number of aryl methyl sites for hydroxylation is 2. The number of imide groups is 1. The molecule has 0 bridgehead atoms. The number of ether oxygens (including phenoxy) is 1. The van der Waals surface area contributed by atoms with E-state index in [-0.39, 0.29) is 11.1 Å². The summed E-state index contributed by atoms with van der Waals surface area (Å²) < 4.78 is 7.06. The normalized spacial score (nSPS) is 24.4. The molecule has 0 N–H and O–H groups in total. The van der Waals surface area contributed by atoms with Gasteiger partial charge in [-0.15, -0.1) is 0 Å². The summed E-state index contributed by atoms with van der Waals surface area (Å²) in [5.74, 6) is -4.45. The number of Topliss-reactive ketones (excluding diaryl/α,β-unsaturated/α-hetero) is 2. The minimum absolute atomic E-state index is 0.219. The van der Waals surface area contributed by atoms with Gasteiger partial charge in [0, 0.05) is 15.6 Å². The molecule has 2 heterocycles. The Labute approximate surface area is 210 Å². The van der Waals surface area contributed by atoms with Crippen LogP contribution in [-0.4, -0.2) is 29.0 Å². The van der Waals surface area contributed by atoms with E-state index in [1.54, 1.807) is 54.6 Å². The average molecular weight is 530 g/mol. The highest BCUT2D eigenvalue weighted by Crippen LogP contribution is 2.57. The number of halogens is 1. The molecule has 0 saturated carbocycles. The Kier molecular flexibility index (Phi) is 4.75. The summed E-state index contributed by atoms with van der Waals surface area (Å²) >= 11 is 3.44. The maximum atomic E-state index is 14.0. The van der Waals surface area contributed by atoms with Crippen LogP contribution in [-0.2, 0) is 14.3 Å². The number of fused-ring (bicyclic) bond motifs is 3. The minimum atomic E-state index is -2.07. The zero-order chi connectivity index (χ0) is 24.6. The van der Waals surface area contributed by atoms with E-state index < -0.39 is 46.9 Å². The van der Waals surface area contributed by atoms with Crippen molar-refractivity contribution >= 4 is 45.0 Å². The predicted molar refractivity (Wildman–Crippen MR) is 131 cm³/mol. The van der Waals surface area contributed by atoms with Gasteiger partial charge in [0.2, 0.25) is 29.0 Å². The van der Waals surface area contributed by atoms with Crippen LogP contribution in [0, 0.1) is 25.7 Å². The number of amides is 2. The van der Waals surface area contributed by atoms with Crippen molar-refractivity contribution in [2.45, 2.75) is 25.6 Å². The van der Waals surface area contributed by atoms with Gasteiger partial charge in [-0.25, -0.2) is 4.90 Å². The van der Waals surface area contributed by atoms with Crippen molar-refractivity contribution in [1.29, 1.82) is 0 Å². The van der Waals surface area contributed by atoms with Gasteiger partial charge >= 0.3 is 0 Å². The molecule has 7 heteroatoms. The number of rotatable bonds is 2. The Hall–Kier alpha value is -3.42. The summed E-state index contributed by atoms with van der Waals surface area (Å²) in [6, 6.07) is 19.0. The minimum Gasteiger partial charge on any atom is -0.349 e. The van der Waals surface area contributed by atoms with Crippen LogP contribution in [0.3, 0.4) is 0 Å². The SMILES string of the molecule is Cc1ccc(N2C(=O)[C@@H]3[C@H](c4cccc(Br)c4)OC4(C(=O)c5ccccc5C4=O)[C@H]3C2=O)cc1C. The lowest BCUT2D eigenvalue weighted by Gasteiger charge is -2.27. The Morgan fingerprint density at radius 1 is 0.800 bits per heavy atom. The molecule has 2 aliphatic heterocycles. The highest BCUT2D eigenvalue weighted by molar-refractivity contribution is 9.10. The quantitative estimate of drug-likeness (QED) is 0.353. The van der Waals surface area contributed by atoms with Gasteiger partial charge in [0.25, 0.3) is 0 Å². The fourth-order valence-electron chi connectivity index (χ4n) is 5.62. The summed E-state index contributed by atoms with van der Waals surface area (Å²) in [7, 11) is 0. The zero-order valence-electron chi connectivity index (χ0n) is 18.9. The molecule has 6 nitrogen and oxygen atoms in total. The van der Waals surface area contributed by atoms with Crippen LogP contribution in [0.25, 0.3) is 0 Å². The van der Waals surface area contributed by atoms with Gasteiger partial charge in [-0.3, -0.25) is 19.2 Å². The second-order valence-electron chi connectivity index (χ2n) is 9.32. The van der Waals surface area contributed by atoms with E-state index >= 15 is 0 Å². The lowest BCUT2D eigenvalue weighted by Crippen LogP contribution is -2.51. The number of anilines is 1. The number of hydrogen-bond donors (Lipinski definition) is 0. The van der Waals surface area contributed by atoms with E-state index in [1.807, 2.05) is 26.0 Å². The van der Waals surface area contributed by atoms with Crippen molar-refractivity contribution in [1.82, 2.24) is 0 Å². The highest BCUT2D eigenvalue weighted by atomic mass is 79.9. The molecule has 0 aromatic heterocycles. The van der Waals surface area contributed by atoms with Crippen LogP contribution in [0.2, 0.25) is 0 Å². The second kappa shape index (κ2) is 7.54. The van der Waals surface area contributed by atoms with E-state index in [4.69, 9.17) is 4.74 Å². The summed E-state index contributed by atoms with van der Waals surface area (Å²) in [5, 5.41) is 0. The predicted octanol–water partition coefficient (Wildman–Crippen LogP) is 4.76. The van der Waals surface area contributed by atoms with E-state index in [0.717, 1.165) is 20.5 Å². The van der Waals surface area contributed by atoms with Crippen molar-refractivity contribution in [3.8, 4) is 0 Å². The maximum absolute atomic E-state index is 14.0. The van der Waals surface area contributed by atoms with Gasteiger partial charge in [-0.05, 0) is 54.8 Å². The molecule has 3 aliphatic rings.